The molecule has 0 aromatic carbocycles. The molecule has 0 aromatic rings. The Hall–Kier alpha value is -0.476. The van der Waals surface area contributed by atoms with Gasteiger partial charge in [0, 0.05) is 0 Å². The molecule has 9 heavy (non-hydrogen) atoms. The first kappa shape index (κ1) is 11.3. The zero-order chi connectivity index (χ0) is 7.86. The molecule has 0 atom stereocenters. The molecule has 0 rings (SSSR count). The predicted molar refractivity (Wildman–Crippen MR) is 22.5 cm³/mol. The Morgan fingerprint density at radius 1 is 1.56 bits per heavy atom. The van der Waals surface area contributed by atoms with E-state index in [0.29, 0.717) is 0 Å². The molecule has 0 amide bonds. The fourth-order valence-electron chi connectivity index (χ4n) is 0. The van der Waals surface area contributed by atoms with Crippen molar-refractivity contribution in [2.24, 2.45) is 0 Å². The van der Waals surface area contributed by atoms with Crippen molar-refractivity contribution in [2.75, 3.05) is 0 Å². The van der Waals surface area contributed by atoms with E-state index in [9.17, 15) is 4.79 Å². The second kappa shape index (κ2) is 7.52. The molecule has 50 valence electrons. The van der Waals surface area contributed by atoms with Crippen molar-refractivity contribution < 1.29 is 35.6 Å². The van der Waals surface area contributed by atoms with Crippen LogP contribution in [-0.4, -0.2) is 11.1 Å². The van der Waals surface area contributed by atoms with Crippen molar-refractivity contribution in [2.45, 2.75) is 6.92 Å². The van der Waals surface area contributed by atoms with Crippen LogP contribution in [0.1, 0.15) is 6.92 Å². The number of rotatable bonds is 1. The average Bonchev–Trinajstić information content (AvgIpc) is 1.68. The number of carbonyl (C=O) groups is 1. The van der Waals surface area contributed by atoms with Gasteiger partial charge in [0.25, 0.3) is 0 Å². The molecule has 0 spiro atoms. The number of carboxylic acid groups (broad SMARTS) is 1. The van der Waals surface area contributed by atoms with Crippen LogP contribution in [0, 0.1) is 6.58 Å². The van der Waals surface area contributed by atoms with Gasteiger partial charge in [0.15, 0.2) is 5.97 Å². The van der Waals surface area contributed by atoms with Crippen molar-refractivity contribution in [3.63, 3.8) is 0 Å². The Morgan fingerprint density at radius 3 is 1.67 bits per heavy atom. The van der Waals surface area contributed by atoms with Crippen LogP contribution in [0.3, 0.4) is 0 Å². The second-order valence-corrected chi connectivity index (χ2v) is 1.33. The third-order valence-corrected chi connectivity index (χ3v) is 0.337. The van der Waals surface area contributed by atoms with Crippen LogP contribution in [0.15, 0.2) is 5.57 Å². The zero-order valence-corrected chi connectivity index (χ0v) is 6.31. The summed E-state index contributed by atoms with van der Waals surface area (Å²) in [7, 11) is 0. The number of hydrogen-bond acceptors (Lipinski definition) is 3. The summed E-state index contributed by atoms with van der Waals surface area (Å²) in [5.74, 6) is -1.05. The first-order chi connectivity index (χ1) is 4.06. The maximum absolute atomic E-state index is 9.54. The van der Waals surface area contributed by atoms with E-state index in [1.807, 2.05) is 0 Å². The van der Waals surface area contributed by atoms with E-state index in [4.69, 9.17) is 18.3 Å². The molecule has 4 nitrogen and oxygen atoms in total. The van der Waals surface area contributed by atoms with E-state index in [-0.39, 0.29) is 5.57 Å². The van der Waals surface area contributed by atoms with Gasteiger partial charge in [-0.1, -0.05) is 6.92 Å². The maximum atomic E-state index is 9.54. The van der Waals surface area contributed by atoms with Gasteiger partial charge < -0.3 is 9.90 Å². The zero-order valence-electron chi connectivity index (χ0n) is 4.75. The van der Waals surface area contributed by atoms with Gasteiger partial charge in [0.05, 0.1) is 0 Å². The molecular formula is C4H5O4Ti-. The fourth-order valence-corrected chi connectivity index (χ4v) is 0. The molecule has 5 heteroatoms. The van der Waals surface area contributed by atoms with Crippen molar-refractivity contribution in [1.29, 1.82) is 0 Å². The summed E-state index contributed by atoms with van der Waals surface area (Å²) in [5.41, 5.74) is -0.0741. The summed E-state index contributed by atoms with van der Waals surface area (Å²) in [6, 6.07) is 0. The van der Waals surface area contributed by atoms with E-state index in [0.717, 1.165) is 0 Å². The molecule has 0 bridgehead atoms. The van der Waals surface area contributed by atoms with Gasteiger partial charge in [-0.2, -0.15) is 0 Å². The molecule has 0 aliphatic heterocycles. The van der Waals surface area contributed by atoms with Gasteiger partial charge in [-0.25, -0.2) is 0 Å². The predicted octanol–water partition coefficient (Wildman–Crippen LogP) is 0.210. The van der Waals surface area contributed by atoms with Crippen LogP contribution < -0.4 is 0 Å². The van der Waals surface area contributed by atoms with Gasteiger partial charge in [0.1, 0.15) is 0 Å². The molecule has 0 aromatic heterocycles. The van der Waals surface area contributed by atoms with Crippen LogP contribution in [0.25, 0.3) is 0 Å². The molecule has 0 heterocycles. The van der Waals surface area contributed by atoms with E-state index in [1.165, 1.54) is 6.92 Å². The van der Waals surface area contributed by atoms with Gasteiger partial charge in [0.2, 0.25) is 0 Å². The Kier molecular flexibility index (Phi) is 9.48. The molecule has 0 saturated carbocycles. The van der Waals surface area contributed by atoms with E-state index < -0.39 is 25.1 Å². The monoisotopic (exact) mass is 165 g/mol. The van der Waals surface area contributed by atoms with Crippen LogP contribution in [0.2, 0.25) is 0 Å². The minimum absolute atomic E-state index is 0.0741. The summed E-state index contributed by atoms with van der Waals surface area (Å²) in [5, 5.41) is 7.83. The first-order valence-corrected chi connectivity index (χ1v) is 3.15. The molecule has 0 fully saturated rings. The molecular weight excluding hydrogens is 160 g/mol. The quantitative estimate of drug-likeness (QED) is 0.342. The standard InChI is InChI=1S/C4H5O2.2O.Ti/c1-3(2)4(5)6;;;/h1H,2H3,(H,5,6);;;/q-1;;;. The minimum atomic E-state index is -2.00. The molecule has 0 aliphatic rings. The first-order valence-electron chi connectivity index (χ1n) is 1.87. The Morgan fingerprint density at radius 2 is 1.67 bits per heavy atom. The van der Waals surface area contributed by atoms with Crippen molar-refractivity contribution in [1.82, 2.24) is 0 Å². The van der Waals surface area contributed by atoms with E-state index >= 15 is 0 Å². The van der Waals surface area contributed by atoms with Crippen LogP contribution in [-0.2, 0) is 30.5 Å². The van der Waals surface area contributed by atoms with Gasteiger partial charge in [-0.05, 0) is 0 Å². The summed E-state index contributed by atoms with van der Waals surface area (Å²) in [4.78, 5) is 9.54. The van der Waals surface area contributed by atoms with Gasteiger partial charge in [-0.15, -0.1) is 5.57 Å². The van der Waals surface area contributed by atoms with Crippen LogP contribution in [0.5, 0.6) is 0 Å². The third kappa shape index (κ3) is 18.5. The SMILES string of the molecule is [CH-]=C(C)C(=O)O.[O]=[Ti]=[O]. The van der Waals surface area contributed by atoms with Crippen LogP contribution in [0.4, 0.5) is 0 Å². The summed E-state index contributed by atoms with van der Waals surface area (Å²) in [6.45, 7) is 6.09. The number of carboxylic acids is 1. The average molecular weight is 165 g/mol. The van der Waals surface area contributed by atoms with E-state index in [2.05, 4.69) is 0 Å². The third-order valence-electron chi connectivity index (χ3n) is 0.337. The Bertz CT molecular complexity index is 133. The van der Waals surface area contributed by atoms with Gasteiger partial charge >= 0.3 is 25.7 Å². The summed E-state index contributed by atoms with van der Waals surface area (Å²) < 4.78 is 17.0. The van der Waals surface area contributed by atoms with E-state index in [1.54, 1.807) is 0 Å². The molecule has 0 unspecified atom stereocenters. The summed E-state index contributed by atoms with van der Waals surface area (Å²) in [6.07, 6.45) is 0. The number of hydrogen-bond donors (Lipinski definition) is 1. The van der Waals surface area contributed by atoms with Crippen molar-refractivity contribution >= 4 is 5.97 Å². The normalized spacial score (nSPS) is 5.89. The van der Waals surface area contributed by atoms with Crippen molar-refractivity contribution in [3.8, 4) is 0 Å². The second-order valence-electron chi connectivity index (χ2n) is 1.07. The molecule has 1 N–H and O–H groups in total. The van der Waals surface area contributed by atoms with Gasteiger partial charge in [-0.3, -0.25) is 6.58 Å². The molecule has 0 saturated heterocycles. The van der Waals surface area contributed by atoms with Crippen molar-refractivity contribution in [3.05, 3.63) is 12.2 Å². The Balaban J connectivity index is 0. The topological polar surface area (TPSA) is 71.4 Å². The number of aliphatic carboxylic acids is 1. The van der Waals surface area contributed by atoms with Crippen LogP contribution >= 0.6 is 0 Å². The molecule has 0 radical (unpaired) electrons. The Labute approximate surface area is 61.1 Å². The summed E-state index contributed by atoms with van der Waals surface area (Å²) >= 11 is -2.00. The fraction of sp³-hybridized carbons (Fsp3) is 0.250. The molecule has 0 aliphatic carbocycles.